The van der Waals surface area contributed by atoms with Crippen molar-refractivity contribution in [3.05, 3.63) is 28.7 Å². The van der Waals surface area contributed by atoms with Crippen LogP contribution in [0, 0.1) is 0 Å². The molecule has 0 spiro atoms. The molecule has 0 nitrogen and oxygen atoms in total. The van der Waals surface area contributed by atoms with Gasteiger partial charge in [-0.3, -0.25) is 0 Å². The first-order valence-corrected chi connectivity index (χ1v) is 3.55. The Hall–Kier alpha value is -0.0831. The molecule has 0 heterocycles. The highest BCUT2D eigenvalue weighted by Crippen LogP contribution is 2.03. The number of hydrogen-bond donors (Lipinski definition) is 0. The van der Waals surface area contributed by atoms with Crippen molar-refractivity contribution in [2.24, 2.45) is 0 Å². The third-order valence-corrected chi connectivity index (χ3v) is 1.63. The second-order valence-corrected chi connectivity index (χ2v) is 3.00. The summed E-state index contributed by atoms with van der Waals surface area (Å²) in [7, 11) is 3.38. The van der Waals surface area contributed by atoms with Gasteiger partial charge in [0.1, 0.15) is 0 Å². The van der Waals surface area contributed by atoms with Crippen LogP contribution in [-0.4, -0.2) is 10.2 Å². The van der Waals surface area contributed by atoms with E-state index in [4.69, 9.17) is 0 Å². The maximum Gasteiger partial charge on any atom is 0.0712 e. The molecule has 0 aliphatic carbocycles. The van der Waals surface area contributed by atoms with Gasteiger partial charge in [-0.05, 0) is 12.1 Å². The molecule has 0 bridgehead atoms. The number of rotatable bonds is 0. The summed E-state index contributed by atoms with van der Waals surface area (Å²) in [4.78, 5) is 0. The van der Waals surface area contributed by atoms with Gasteiger partial charge in [-0.1, -0.05) is 33.2 Å². The Kier molecular flexibility index (Phi) is 1.86. The van der Waals surface area contributed by atoms with Gasteiger partial charge in [0.15, 0.2) is 0 Å². The lowest BCUT2D eigenvalue weighted by Crippen LogP contribution is -1.98. The summed E-state index contributed by atoms with van der Waals surface area (Å²) in [5.74, 6) is 0. The molecule has 0 saturated heterocycles. The summed E-state index contributed by atoms with van der Waals surface area (Å²) in [5.41, 5.74) is 0. The number of benzene rings is 1. The Morgan fingerprint density at radius 3 is 2.50 bits per heavy atom. The van der Waals surface area contributed by atoms with Crippen molar-refractivity contribution in [2.75, 3.05) is 0 Å². The third kappa shape index (κ3) is 1.45. The van der Waals surface area contributed by atoms with Crippen LogP contribution in [0.5, 0.6) is 0 Å². The Labute approximate surface area is 60.5 Å². The minimum absolute atomic E-state index is 1.10. The fraction of sp³-hybridized carbons (Fsp3) is 0. The Morgan fingerprint density at radius 2 is 2.12 bits per heavy atom. The first-order chi connectivity index (χ1) is 3.79. The lowest BCUT2D eigenvalue weighted by Gasteiger charge is -1.88. The van der Waals surface area contributed by atoms with Gasteiger partial charge >= 0.3 is 0 Å². The Bertz CT molecular complexity index is 168. The SMILES string of the molecule is [Si]c1cccc(Br)c1. The summed E-state index contributed by atoms with van der Waals surface area (Å²) in [6.07, 6.45) is 0. The van der Waals surface area contributed by atoms with Crippen LogP contribution in [0.2, 0.25) is 0 Å². The summed E-state index contributed by atoms with van der Waals surface area (Å²) in [6.45, 7) is 0. The Balaban J connectivity index is 3.08. The van der Waals surface area contributed by atoms with E-state index >= 15 is 0 Å². The first-order valence-electron chi connectivity index (χ1n) is 2.26. The fourth-order valence-corrected chi connectivity index (χ4v) is 1.35. The molecule has 8 heavy (non-hydrogen) atoms. The average Bonchev–Trinajstić information content (AvgIpc) is 1.64. The molecule has 0 N–H and O–H groups in total. The first kappa shape index (κ1) is 6.04. The van der Waals surface area contributed by atoms with E-state index in [9.17, 15) is 0 Å². The van der Waals surface area contributed by atoms with Crippen LogP contribution < -0.4 is 5.19 Å². The van der Waals surface area contributed by atoms with Gasteiger partial charge in [-0.2, -0.15) is 0 Å². The zero-order valence-corrected chi connectivity index (χ0v) is 6.77. The van der Waals surface area contributed by atoms with E-state index in [2.05, 4.69) is 26.2 Å². The molecule has 1 rings (SSSR count). The molecule has 1 aromatic carbocycles. The smallest absolute Gasteiger partial charge is 0.0663 e. The quantitative estimate of drug-likeness (QED) is 0.532. The van der Waals surface area contributed by atoms with Gasteiger partial charge in [0.05, 0.1) is 10.2 Å². The van der Waals surface area contributed by atoms with E-state index in [0.29, 0.717) is 0 Å². The van der Waals surface area contributed by atoms with Crippen LogP contribution in [0.4, 0.5) is 0 Å². The standard InChI is InChI=1S/C6H4BrSi/c7-5-2-1-3-6(8)4-5/h1-4H. The molecule has 0 atom stereocenters. The third-order valence-electron chi connectivity index (χ3n) is 0.825. The van der Waals surface area contributed by atoms with E-state index in [1.165, 1.54) is 0 Å². The summed E-state index contributed by atoms with van der Waals surface area (Å²) in [6, 6.07) is 7.95. The largest absolute Gasteiger partial charge is 0.0712 e. The van der Waals surface area contributed by atoms with Crippen molar-refractivity contribution in [2.45, 2.75) is 0 Å². The summed E-state index contributed by atoms with van der Waals surface area (Å²) < 4.78 is 1.10. The van der Waals surface area contributed by atoms with Crippen molar-refractivity contribution in [3.8, 4) is 0 Å². The molecule has 1 aromatic rings. The number of halogens is 1. The molecular weight excluding hydrogens is 180 g/mol. The molecule has 0 unspecified atom stereocenters. The highest BCUT2D eigenvalue weighted by atomic mass is 79.9. The van der Waals surface area contributed by atoms with Crippen molar-refractivity contribution in [1.82, 2.24) is 0 Å². The van der Waals surface area contributed by atoms with Crippen molar-refractivity contribution < 1.29 is 0 Å². The molecule has 0 amide bonds. The van der Waals surface area contributed by atoms with E-state index < -0.39 is 0 Å². The zero-order valence-electron chi connectivity index (χ0n) is 4.19. The Morgan fingerprint density at radius 1 is 1.38 bits per heavy atom. The molecule has 0 saturated carbocycles. The molecule has 0 fully saturated rings. The highest BCUT2D eigenvalue weighted by molar-refractivity contribution is 9.10. The van der Waals surface area contributed by atoms with Crippen LogP contribution >= 0.6 is 15.9 Å². The average molecular weight is 184 g/mol. The zero-order chi connectivity index (χ0) is 5.98. The van der Waals surface area contributed by atoms with Crippen molar-refractivity contribution in [3.63, 3.8) is 0 Å². The molecule has 2 heteroatoms. The van der Waals surface area contributed by atoms with Gasteiger partial charge in [0.2, 0.25) is 0 Å². The van der Waals surface area contributed by atoms with Crippen molar-refractivity contribution in [1.29, 1.82) is 0 Å². The van der Waals surface area contributed by atoms with Crippen LogP contribution in [0.15, 0.2) is 28.7 Å². The van der Waals surface area contributed by atoms with Gasteiger partial charge < -0.3 is 0 Å². The molecular formula is C6H4BrSi. The highest BCUT2D eigenvalue weighted by Gasteiger charge is 1.82. The van der Waals surface area contributed by atoms with E-state index in [0.717, 1.165) is 9.66 Å². The number of hydrogen-bond acceptors (Lipinski definition) is 0. The van der Waals surface area contributed by atoms with Gasteiger partial charge in [0, 0.05) is 4.47 Å². The summed E-state index contributed by atoms with van der Waals surface area (Å²) in [5, 5.41) is 1.10. The van der Waals surface area contributed by atoms with Crippen LogP contribution in [0.3, 0.4) is 0 Å². The monoisotopic (exact) mass is 183 g/mol. The molecule has 39 valence electrons. The second kappa shape index (κ2) is 2.46. The minimum Gasteiger partial charge on any atom is -0.0663 e. The maximum atomic E-state index is 3.38. The van der Waals surface area contributed by atoms with Gasteiger partial charge in [-0.15, -0.1) is 0 Å². The molecule has 0 aromatic heterocycles. The normalized spacial score (nSPS) is 9.25. The minimum atomic E-state index is 1.10. The molecule has 3 radical (unpaired) electrons. The van der Waals surface area contributed by atoms with E-state index in [1.54, 1.807) is 0 Å². The molecule has 0 aliphatic rings. The predicted octanol–water partition coefficient (Wildman–Crippen LogP) is 1.24. The second-order valence-electron chi connectivity index (χ2n) is 1.51. The van der Waals surface area contributed by atoms with E-state index in [1.807, 2.05) is 24.3 Å². The van der Waals surface area contributed by atoms with Crippen LogP contribution in [0.1, 0.15) is 0 Å². The summed E-state index contributed by atoms with van der Waals surface area (Å²) >= 11 is 3.33. The van der Waals surface area contributed by atoms with Crippen LogP contribution in [-0.2, 0) is 0 Å². The van der Waals surface area contributed by atoms with Crippen LogP contribution in [0.25, 0.3) is 0 Å². The molecule has 0 aliphatic heterocycles. The lowest BCUT2D eigenvalue weighted by atomic mass is 10.4. The lowest BCUT2D eigenvalue weighted by molar-refractivity contribution is 1.70. The van der Waals surface area contributed by atoms with Crippen molar-refractivity contribution >= 4 is 31.4 Å². The topological polar surface area (TPSA) is 0 Å². The fourth-order valence-electron chi connectivity index (χ4n) is 0.488. The van der Waals surface area contributed by atoms with Gasteiger partial charge in [0.25, 0.3) is 0 Å². The van der Waals surface area contributed by atoms with E-state index in [-0.39, 0.29) is 0 Å². The van der Waals surface area contributed by atoms with Gasteiger partial charge in [-0.25, -0.2) is 0 Å². The predicted molar refractivity (Wildman–Crippen MR) is 39.5 cm³/mol. The maximum absolute atomic E-state index is 3.38.